The standard InChI is InChI=1S/C19H19NO5/c1-4-17(13-5-7-14(8-6-13)25-12(2)21)20-19(23)16-11-15(24-3)9-10-18(16)22/h5-11,22H,4H2,1-3H3/p+3. The Morgan fingerprint density at radius 2 is 1.80 bits per heavy atom. The monoisotopic (exact) mass is 344 g/mol. The van der Waals surface area contributed by atoms with Gasteiger partial charge in [0.2, 0.25) is 5.75 Å². The number of carbonyl (C=O) groups excluding carboxylic acids is 2. The third kappa shape index (κ3) is 4.67. The molecule has 0 aromatic heterocycles. The molecule has 0 aliphatic heterocycles. The molecule has 25 heavy (non-hydrogen) atoms. The predicted octanol–water partition coefficient (Wildman–Crippen LogP) is 1.15. The minimum absolute atomic E-state index is 0.131. The fourth-order valence-electron chi connectivity index (χ4n) is 2.30. The van der Waals surface area contributed by atoms with E-state index in [1.54, 1.807) is 36.4 Å². The number of benzene rings is 2. The highest BCUT2D eigenvalue weighted by Gasteiger charge is 2.22. The van der Waals surface area contributed by atoms with Crippen LogP contribution >= 0.6 is 0 Å². The molecule has 0 bridgehead atoms. The van der Waals surface area contributed by atoms with E-state index in [0.29, 0.717) is 17.9 Å². The second-order valence-corrected chi connectivity index (χ2v) is 5.34. The lowest BCUT2D eigenvalue weighted by molar-refractivity contribution is -0.346. The van der Waals surface area contributed by atoms with Crippen molar-refractivity contribution in [3.63, 3.8) is 0 Å². The number of esters is 1. The summed E-state index contributed by atoms with van der Waals surface area (Å²) in [6.07, 6.45) is 0.606. The van der Waals surface area contributed by atoms with Crippen LogP contribution in [0.2, 0.25) is 0 Å². The van der Waals surface area contributed by atoms with Gasteiger partial charge in [0.25, 0.3) is 5.75 Å². The van der Waals surface area contributed by atoms with Crippen molar-refractivity contribution in [3.8, 4) is 17.2 Å². The molecule has 0 atom stereocenters. The molecular weight excluding hydrogens is 322 g/mol. The minimum Gasteiger partial charge on any atom is -0.593 e. The van der Waals surface area contributed by atoms with E-state index >= 15 is 0 Å². The third-order valence-electron chi connectivity index (χ3n) is 3.56. The van der Waals surface area contributed by atoms with Gasteiger partial charge in [-0.3, -0.25) is 4.74 Å². The summed E-state index contributed by atoms with van der Waals surface area (Å²) in [6, 6.07) is 11.7. The van der Waals surface area contributed by atoms with Crippen LogP contribution in [0, 0.1) is 0 Å². The molecule has 2 aromatic carbocycles. The van der Waals surface area contributed by atoms with Crippen molar-refractivity contribution in [1.29, 1.82) is 0 Å². The molecule has 0 aliphatic rings. The van der Waals surface area contributed by atoms with Gasteiger partial charge >= 0.3 is 11.9 Å². The van der Waals surface area contributed by atoms with Gasteiger partial charge in [-0.25, -0.2) is 4.79 Å². The molecule has 130 valence electrons. The predicted molar refractivity (Wildman–Crippen MR) is 95.4 cm³/mol. The maximum atomic E-state index is 12.5. The zero-order chi connectivity index (χ0) is 18.4. The normalized spacial score (nSPS) is 11.1. The molecule has 1 amide bonds. The fraction of sp³-hybridized carbons (Fsp3) is 0.211. The molecule has 0 spiro atoms. The van der Waals surface area contributed by atoms with Crippen molar-refractivity contribution in [2.75, 3.05) is 7.11 Å². The van der Waals surface area contributed by atoms with Crippen molar-refractivity contribution in [2.24, 2.45) is 0 Å². The van der Waals surface area contributed by atoms with Crippen molar-refractivity contribution >= 4 is 17.6 Å². The Morgan fingerprint density at radius 1 is 1.16 bits per heavy atom. The Morgan fingerprint density at radius 3 is 2.36 bits per heavy atom. The summed E-state index contributed by atoms with van der Waals surface area (Å²) >= 11 is 0. The van der Waals surface area contributed by atoms with Gasteiger partial charge in [-0.2, -0.15) is 4.99 Å². The van der Waals surface area contributed by atoms with Gasteiger partial charge in [0.1, 0.15) is 5.75 Å². The number of nitrogens with one attached hydrogen (secondary N) is 1. The second kappa shape index (κ2) is 8.10. The van der Waals surface area contributed by atoms with Crippen LogP contribution in [0.15, 0.2) is 42.5 Å². The lowest BCUT2D eigenvalue weighted by atomic mass is 10.1. The van der Waals surface area contributed by atoms with Gasteiger partial charge < -0.3 is 14.6 Å². The lowest BCUT2D eigenvalue weighted by Gasteiger charge is -2.01. The van der Waals surface area contributed by atoms with Crippen LogP contribution in [-0.4, -0.2) is 34.6 Å². The summed E-state index contributed by atoms with van der Waals surface area (Å²) in [5, 5.41) is 7.90. The van der Waals surface area contributed by atoms with Gasteiger partial charge in [-0.05, 0) is 18.2 Å². The average molecular weight is 344 g/mol. The van der Waals surface area contributed by atoms with Crippen molar-refractivity contribution in [1.82, 2.24) is 0 Å². The third-order valence-corrected chi connectivity index (χ3v) is 3.56. The molecule has 0 radical (unpaired) electrons. The SMILES string of the molecule is CCC(=[NH+]C(=O)c1cc(OC)ccc1[OH2+])c1ccc(OC(C)=[OH+])cc1. The van der Waals surface area contributed by atoms with Gasteiger partial charge in [0.05, 0.1) is 14.0 Å². The average Bonchev–Trinajstić information content (AvgIpc) is 2.60. The number of carbonyl (C=O) groups is 1. The highest BCUT2D eigenvalue weighted by atomic mass is 16.5. The Bertz CT molecular complexity index is 809. The van der Waals surface area contributed by atoms with E-state index in [4.69, 9.17) is 19.4 Å². The van der Waals surface area contributed by atoms with E-state index in [1.165, 1.54) is 20.1 Å². The fourth-order valence-corrected chi connectivity index (χ4v) is 2.30. The van der Waals surface area contributed by atoms with E-state index in [9.17, 15) is 4.79 Å². The van der Waals surface area contributed by atoms with Crippen LogP contribution in [0.4, 0.5) is 0 Å². The molecule has 6 heteroatoms. The minimum atomic E-state index is -0.361. The number of hydrogen-bond donors (Lipinski definition) is 1. The van der Waals surface area contributed by atoms with Crippen molar-refractivity contribution in [3.05, 3.63) is 53.6 Å². The second-order valence-electron chi connectivity index (χ2n) is 5.34. The number of rotatable bonds is 5. The molecule has 0 aliphatic carbocycles. The van der Waals surface area contributed by atoms with Crippen LogP contribution < -0.4 is 14.5 Å². The molecule has 0 fully saturated rings. The first-order chi connectivity index (χ1) is 11.9. The maximum absolute atomic E-state index is 12.5. The first kappa shape index (κ1) is 18.2. The molecule has 0 saturated heterocycles. The first-order valence-electron chi connectivity index (χ1n) is 7.82. The molecule has 0 heterocycles. The summed E-state index contributed by atoms with van der Waals surface area (Å²) in [6.45, 7) is 3.38. The zero-order valence-electron chi connectivity index (χ0n) is 14.4. The molecule has 0 saturated carbocycles. The molecule has 6 nitrogen and oxygen atoms in total. The quantitative estimate of drug-likeness (QED) is 0.382. The molecule has 2 rings (SSSR count). The van der Waals surface area contributed by atoms with Crippen molar-refractivity contribution < 1.29 is 29.2 Å². The highest BCUT2D eigenvalue weighted by molar-refractivity contribution is 6.01. The van der Waals surface area contributed by atoms with Crippen molar-refractivity contribution in [2.45, 2.75) is 20.3 Å². The number of hydrogen-bond acceptors (Lipinski definition) is 3. The van der Waals surface area contributed by atoms with Gasteiger partial charge in [-0.1, -0.05) is 6.92 Å². The van der Waals surface area contributed by atoms with E-state index in [0.717, 1.165) is 11.3 Å². The summed E-state index contributed by atoms with van der Waals surface area (Å²) in [5.41, 5.74) is 1.80. The van der Waals surface area contributed by atoms with E-state index < -0.39 is 0 Å². The Balaban J connectivity index is 2.30. The van der Waals surface area contributed by atoms with Crippen LogP contribution in [0.3, 0.4) is 0 Å². The lowest BCUT2D eigenvalue weighted by Crippen LogP contribution is -2.77. The Hall–Kier alpha value is -3.15. The summed E-state index contributed by atoms with van der Waals surface area (Å²) < 4.78 is 10.2. The van der Waals surface area contributed by atoms with Gasteiger partial charge in [0.15, 0.2) is 11.3 Å². The zero-order valence-corrected chi connectivity index (χ0v) is 14.4. The number of amides is 1. The molecule has 0 unspecified atom stereocenters. The maximum Gasteiger partial charge on any atom is 0.485 e. The topological polar surface area (TPSA) is 93.8 Å². The van der Waals surface area contributed by atoms with E-state index in [2.05, 4.69) is 4.99 Å². The summed E-state index contributed by atoms with van der Waals surface area (Å²) in [4.78, 5) is 24.5. The summed E-state index contributed by atoms with van der Waals surface area (Å²) in [5.74, 6) is 0.664. The Kier molecular flexibility index (Phi) is 5.89. The number of ether oxygens (including phenoxy) is 2. The van der Waals surface area contributed by atoms with E-state index in [1.807, 2.05) is 6.92 Å². The van der Waals surface area contributed by atoms with Crippen LogP contribution in [-0.2, 0) is 0 Å². The van der Waals surface area contributed by atoms with Gasteiger partial charge in [0, 0.05) is 36.2 Å². The molecular formula is C19H22NO5+3. The highest BCUT2D eigenvalue weighted by Crippen LogP contribution is 2.21. The van der Waals surface area contributed by atoms with Crippen LogP contribution in [0.1, 0.15) is 36.2 Å². The van der Waals surface area contributed by atoms with Crippen LogP contribution in [0.5, 0.6) is 17.2 Å². The smallest absolute Gasteiger partial charge is 0.485 e. The molecule has 4 N–H and O–H groups in total. The van der Waals surface area contributed by atoms with E-state index in [-0.39, 0.29) is 23.2 Å². The largest absolute Gasteiger partial charge is 0.593 e. The number of methoxy groups -OCH3 is 1. The van der Waals surface area contributed by atoms with Gasteiger partial charge in [-0.15, -0.1) is 0 Å². The van der Waals surface area contributed by atoms with Crippen LogP contribution in [0.25, 0.3) is 0 Å². The summed E-state index contributed by atoms with van der Waals surface area (Å²) in [7, 11) is 1.51. The molecule has 2 aromatic rings. The Labute approximate surface area is 145 Å². The first-order valence-corrected chi connectivity index (χ1v) is 7.82.